The fraction of sp³-hybridized carbons (Fsp3) is 0.588. The van der Waals surface area contributed by atoms with E-state index in [-0.39, 0.29) is 12.0 Å². The number of carbonyl (C=O) groups excluding carboxylic acids is 1. The summed E-state index contributed by atoms with van der Waals surface area (Å²) >= 11 is 0. The van der Waals surface area contributed by atoms with Gasteiger partial charge >= 0.3 is 0 Å². The van der Waals surface area contributed by atoms with E-state index in [2.05, 4.69) is 17.1 Å². The first kappa shape index (κ1) is 15.0. The maximum absolute atomic E-state index is 12.3. The molecule has 1 aliphatic heterocycles. The van der Waals surface area contributed by atoms with E-state index in [4.69, 9.17) is 10.5 Å². The van der Waals surface area contributed by atoms with Gasteiger partial charge < -0.3 is 20.7 Å². The van der Waals surface area contributed by atoms with Crippen molar-refractivity contribution < 1.29 is 9.53 Å². The van der Waals surface area contributed by atoms with Gasteiger partial charge in [0.2, 0.25) is 5.91 Å². The van der Waals surface area contributed by atoms with Crippen LogP contribution in [0.3, 0.4) is 0 Å². The van der Waals surface area contributed by atoms with E-state index < -0.39 is 0 Å². The Balaban J connectivity index is 1.71. The molecule has 0 radical (unpaired) electrons. The van der Waals surface area contributed by atoms with E-state index in [0.29, 0.717) is 18.3 Å². The van der Waals surface area contributed by atoms with Crippen LogP contribution in [-0.4, -0.2) is 31.1 Å². The molecule has 0 spiro atoms. The quantitative estimate of drug-likeness (QED) is 0.838. The topological polar surface area (TPSA) is 67.6 Å². The predicted octanol–water partition coefficient (Wildman–Crippen LogP) is 2.30. The van der Waals surface area contributed by atoms with Crippen LogP contribution in [0.25, 0.3) is 0 Å². The van der Waals surface area contributed by atoms with Gasteiger partial charge in [-0.1, -0.05) is 19.8 Å². The summed E-state index contributed by atoms with van der Waals surface area (Å²) in [4.78, 5) is 14.4. The Morgan fingerprint density at radius 3 is 2.91 bits per heavy atom. The van der Waals surface area contributed by atoms with Gasteiger partial charge in [-0.2, -0.15) is 0 Å². The Kier molecular flexibility index (Phi) is 4.41. The van der Waals surface area contributed by atoms with Crippen LogP contribution in [0.15, 0.2) is 18.2 Å². The number of hydrogen-bond acceptors (Lipinski definition) is 4. The molecule has 3 rings (SSSR count). The van der Waals surface area contributed by atoms with Crippen molar-refractivity contribution in [3.8, 4) is 5.75 Å². The second kappa shape index (κ2) is 6.46. The first-order valence-corrected chi connectivity index (χ1v) is 8.26. The third-order valence-electron chi connectivity index (χ3n) is 4.55. The van der Waals surface area contributed by atoms with Crippen molar-refractivity contribution in [1.29, 1.82) is 0 Å². The lowest BCUT2D eigenvalue weighted by Crippen LogP contribution is -2.46. The number of nitrogen functional groups attached to an aromatic ring is 1. The zero-order valence-corrected chi connectivity index (χ0v) is 13.2. The molecule has 1 amide bonds. The Labute approximate surface area is 131 Å². The summed E-state index contributed by atoms with van der Waals surface area (Å²) in [6.45, 7) is 3.20. The Bertz CT molecular complexity index is 541. The standard InChI is InChI=1S/C17H25N3O2/c1-2-14-10-20(11-17(21)19-13-5-3-4-6-13)15-9-12(18)7-8-16(15)22-14/h7-9,13-14H,2-6,10-11,18H2,1H3,(H,19,21). The van der Waals surface area contributed by atoms with Crippen LogP contribution < -0.4 is 20.7 Å². The number of amides is 1. The predicted molar refractivity (Wildman–Crippen MR) is 88.2 cm³/mol. The molecule has 5 nitrogen and oxygen atoms in total. The zero-order valence-electron chi connectivity index (χ0n) is 13.2. The number of anilines is 2. The molecular formula is C17H25N3O2. The molecule has 1 atom stereocenters. The number of rotatable bonds is 4. The van der Waals surface area contributed by atoms with Crippen LogP contribution in [0.5, 0.6) is 5.75 Å². The number of ether oxygens (including phenoxy) is 1. The van der Waals surface area contributed by atoms with Gasteiger partial charge in [-0.3, -0.25) is 4.79 Å². The van der Waals surface area contributed by atoms with Crippen molar-refractivity contribution in [2.45, 2.75) is 51.2 Å². The molecule has 120 valence electrons. The highest BCUT2D eigenvalue weighted by molar-refractivity contribution is 5.83. The van der Waals surface area contributed by atoms with Crippen molar-refractivity contribution in [3.63, 3.8) is 0 Å². The van der Waals surface area contributed by atoms with E-state index in [1.807, 2.05) is 18.2 Å². The summed E-state index contributed by atoms with van der Waals surface area (Å²) < 4.78 is 5.95. The molecule has 3 N–H and O–H groups in total. The van der Waals surface area contributed by atoms with Gasteiger partial charge in [0.25, 0.3) is 0 Å². The summed E-state index contributed by atoms with van der Waals surface area (Å²) in [5.74, 6) is 0.915. The van der Waals surface area contributed by atoms with E-state index in [1.165, 1.54) is 12.8 Å². The lowest BCUT2D eigenvalue weighted by Gasteiger charge is -2.36. The first-order chi connectivity index (χ1) is 10.7. The molecule has 1 aliphatic carbocycles. The van der Waals surface area contributed by atoms with E-state index >= 15 is 0 Å². The molecule has 2 aliphatic rings. The smallest absolute Gasteiger partial charge is 0.239 e. The minimum atomic E-state index is 0.0945. The van der Waals surface area contributed by atoms with Crippen LogP contribution >= 0.6 is 0 Å². The maximum Gasteiger partial charge on any atom is 0.239 e. The fourth-order valence-electron chi connectivity index (χ4n) is 3.32. The van der Waals surface area contributed by atoms with Gasteiger partial charge in [0.05, 0.1) is 18.8 Å². The second-order valence-electron chi connectivity index (χ2n) is 6.30. The molecule has 1 aromatic rings. The van der Waals surface area contributed by atoms with Crippen LogP contribution in [0, 0.1) is 0 Å². The van der Waals surface area contributed by atoms with Gasteiger partial charge in [-0.05, 0) is 37.5 Å². The van der Waals surface area contributed by atoms with Gasteiger partial charge in [-0.25, -0.2) is 0 Å². The van der Waals surface area contributed by atoms with Crippen molar-refractivity contribution in [2.75, 3.05) is 23.7 Å². The summed E-state index contributed by atoms with van der Waals surface area (Å²) in [7, 11) is 0. The van der Waals surface area contributed by atoms with Crippen LogP contribution in [-0.2, 0) is 4.79 Å². The molecule has 0 bridgehead atoms. The summed E-state index contributed by atoms with van der Waals surface area (Å²) in [5, 5.41) is 3.15. The van der Waals surface area contributed by atoms with Crippen molar-refractivity contribution >= 4 is 17.3 Å². The Hall–Kier alpha value is -1.91. The summed E-state index contributed by atoms with van der Waals surface area (Å²) in [6.07, 6.45) is 5.70. The molecule has 1 saturated carbocycles. The molecule has 1 aromatic carbocycles. The number of carbonyl (C=O) groups is 1. The van der Waals surface area contributed by atoms with Crippen molar-refractivity contribution in [3.05, 3.63) is 18.2 Å². The zero-order chi connectivity index (χ0) is 15.5. The van der Waals surface area contributed by atoms with Gasteiger partial charge in [0.15, 0.2) is 0 Å². The van der Waals surface area contributed by atoms with Gasteiger partial charge in [0.1, 0.15) is 11.9 Å². The van der Waals surface area contributed by atoms with E-state index in [1.54, 1.807) is 0 Å². The molecule has 22 heavy (non-hydrogen) atoms. The minimum absolute atomic E-state index is 0.0945. The van der Waals surface area contributed by atoms with E-state index in [9.17, 15) is 4.79 Å². The highest BCUT2D eigenvalue weighted by Gasteiger charge is 2.27. The first-order valence-electron chi connectivity index (χ1n) is 8.26. The summed E-state index contributed by atoms with van der Waals surface area (Å²) in [5.41, 5.74) is 7.51. The minimum Gasteiger partial charge on any atom is -0.486 e. The number of nitrogens with zero attached hydrogens (tertiary/aromatic N) is 1. The monoisotopic (exact) mass is 303 g/mol. The van der Waals surface area contributed by atoms with Crippen LogP contribution in [0.1, 0.15) is 39.0 Å². The maximum atomic E-state index is 12.3. The molecule has 0 saturated heterocycles. The average Bonchev–Trinajstić information content (AvgIpc) is 3.00. The number of nitrogens with two attached hydrogens (primary N) is 1. The van der Waals surface area contributed by atoms with Gasteiger partial charge in [-0.15, -0.1) is 0 Å². The highest BCUT2D eigenvalue weighted by atomic mass is 16.5. The lowest BCUT2D eigenvalue weighted by molar-refractivity contribution is -0.120. The van der Waals surface area contributed by atoms with Gasteiger partial charge in [0, 0.05) is 11.7 Å². The fourth-order valence-corrected chi connectivity index (χ4v) is 3.32. The third-order valence-corrected chi connectivity index (χ3v) is 4.55. The number of hydrogen-bond donors (Lipinski definition) is 2. The molecule has 1 unspecified atom stereocenters. The summed E-state index contributed by atoms with van der Waals surface area (Å²) in [6, 6.07) is 5.99. The molecule has 1 heterocycles. The van der Waals surface area contributed by atoms with Crippen molar-refractivity contribution in [2.24, 2.45) is 0 Å². The SMILES string of the molecule is CCC1CN(CC(=O)NC2CCCC2)c2cc(N)ccc2O1. The normalized spacial score (nSPS) is 21.3. The number of fused-ring (bicyclic) bond motifs is 1. The molecule has 0 aromatic heterocycles. The highest BCUT2D eigenvalue weighted by Crippen LogP contribution is 2.35. The van der Waals surface area contributed by atoms with Crippen molar-refractivity contribution in [1.82, 2.24) is 5.32 Å². The lowest BCUT2D eigenvalue weighted by atomic mass is 10.1. The average molecular weight is 303 g/mol. The van der Waals surface area contributed by atoms with E-state index in [0.717, 1.165) is 37.2 Å². The van der Waals surface area contributed by atoms with Crippen LogP contribution in [0.4, 0.5) is 11.4 Å². The van der Waals surface area contributed by atoms with Crippen LogP contribution in [0.2, 0.25) is 0 Å². The molecule has 1 fully saturated rings. The number of nitrogens with one attached hydrogen (secondary N) is 1. The molecule has 5 heteroatoms. The largest absolute Gasteiger partial charge is 0.486 e. The number of benzene rings is 1. The third kappa shape index (κ3) is 3.29. The molecular weight excluding hydrogens is 278 g/mol. The Morgan fingerprint density at radius 2 is 2.18 bits per heavy atom. The second-order valence-corrected chi connectivity index (χ2v) is 6.30. The Morgan fingerprint density at radius 1 is 1.41 bits per heavy atom.